The number of aromatic hydroxyl groups is 1. The molecule has 1 aromatic heterocycles. The van der Waals surface area contributed by atoms with Crippen molar-refractivity contribution in [3.8, 4) is 11.4 Å². The highest BCUT2D eigenvalue weighted by Crippen LogP contribution is 2.25. The van der Waals surface area contributed by atoms with E-state index in [-0.39, 0.29) is 5.75 Å². The van der Waals surface area contributed by atoms with E-state index in [0.29, 0.717) is 5.92 Å². The lowest BCUT2D eigenvalue weighted by Gasteiger charge is -2.29. The Bertz CT molecular complexity index is 585. The number of tetrazole rings is 1. The molecule has 3 rings (SSSR count). The fraction of sp³-hybridized carbons (Fsp3) is 0.500. The van der Waals surface area contributed by atoms with Gasteiger partial charge in [0.05, 0.1) is 5.69 Å². The van der Waals surface area contributed by atoms with Gasteiger partial charge in [0.1, 0.15) is 5.75 Å². The summed E-state index contributed by atoms with van der Waals surface area (Å²) in [7, 11) is 2.18. The van der Waals surface area contributed by atoms with E-state index in [1.807, 2.05) is 12.1 Å². The van der Waals surface area contributed by atoms with Gasteiger partial charge in [-0.3, -0.25) is 0 Å². The topological polar surface area (TPSA) is 67.1 Å². The number of nitrogens with zero attached hydrogens (tertiary/aromatic N) is 5. The molecule has 0 aliphatic carbocycles. The quantitative estimate of drug-likeness (QED) is 0.869. The summed E-state index contributed by atoms with van der Waals surface area (Å²) in [6.07, 6.45) is 2.54. The summed E-state index contributed by atoms with van der Waals surface area (Å²) in [4.78, 5) is 2.39. The van der Waals surface area contributed by atoms with Crippen LogP contribution in [0.15, 0.2) is 29.4 Å². The molecule has 1 aliphatic heterocycles. The maximum Gasteiger partial charge on any atom is 0.214 e. The summed E-state index contributed by atoms with van der Waals surface area (Å²) >= 11 is 1.70. The minimum absolute atomic E-state index is 0.242. The lowest BCUT2D eigenvalue weighted by atomic mass is 10.0. The number of rotatable bonds is 4. The minimum atomic E-state index is 0.242. The summed E-state index contributed by atoms with van der Waals surface area (Å²) in [5.74, 6) is 1.97. The fourth-order valence-electron chi connectivity index (χ4n) is 2.63. The van der Waals surface area contributed by atoms with Crippen molar-refractivity contribution in [1.29, 1.82) is 0 Å². The van der Waals surface area contributed by atoms with Gasteiger partial charge in [0, 0.05) is 12.3 Å². The summed E-state index contributed by atoms with van der Waals surface area (Å²) < 4.78 is 1.72. The zero-order valence-electron chi connectivity index (χ0n) is 12.0. The summed E-state index contributed by atoms with van der Waals surface area (Å²) in [6, 6.07) is 6.90. The first kappa shape index (κ1) is 14.3. The largest absolute Gasteiger partial charge is 0.508 e. The van der Waals surface area contributed by atoms with Gasteiger partial charge < -0.3 is 10.0 Å². The molecule has 1 aliphatic rings. The van der Waals surface area contributed by atoms with Crippen LogP contribution in [0.25, 0.3) is 5.69 Å². The Balaban J connectivity index is 1.66. The molecule has 2 aromatic rings. The van der Waals surface area contributed by atoms with Crippen molar-refractivity contribution in [2.75, 3.05) is 25.9 Å². The first-order valence-corrected chi connectivity index (χ1v) is 8.10. The molecule has 0 radical (unpaired) electrons. The number of benzene rings is 1. The van der Waals surface area contributed by atoms with Gasteiger partial charge in [-0.05, 0) is 67.0 Å². The Kier molecular flexibility index (Phi) is 4.40. The van der Waals surface area contributed by atoms with Crippen LogP contribution in [0.5, 0.6) is 5.75 Å². The average Bonchev–Trinajstić information content (AvgIpc) is 2.94. The monoisotopic (exact) mass is 305 g/mol. The molecular formula is C14H19N5OS. The SMILES string of the molecule is CN1CCC[C@@H](CSc2nnnn2-c2ccc(O)cc2)C1. The van der Waals surface area contributed by atoms with E-state index in [0.717, 1.165) is 23.1 Å². The number of thioether (sulfide) groups is 1. The number of likely N-dealkylation sites (tertiary alicyclic amines) is 1. The van der Waals surface area contributed by atoms with Crippen molar-refractivity contribution in [3.63, 3.8) is 0 Å². The Morgan fingerprint density at radius 2 is 2.14 bits per heavy atom. The summed E-state index contributed by atoms with van der Waals surface area (Å²) in [6.45, 7) is 2.35. The van der Waals surface area contributed by atoms with E-state index in [4.69, 9.17) is 0 Å². The molecule has 6 nitrogen and oxygen atoms in total. The standard InChI is InChI=1S/C14H19N5OS/c1-18-8-2-3-11(9-18)10-21-14-15-16-17-19(14)12-4-6-13(20)7-5-12/h4-7,11,20H,2-3,8-10H2,1H3/t11-/m1/s1. The van der Waals surface area contributed by atoms with Crippen LogP contribution in [0.1, 0.15) is 12.8 Å². The third-order valence-electron chi connectivity index (χ3n) is 3.71. The van der Waals surface area contributed by atoms with Gasteiger partial charge in [-0.1, -0.05) is 11.8 Å². The highest BCUT2D eigenvalue weighted by molar-refractivity contribution is 7.99. The maximum atomic E-state index is 9.35. The van der Waals surface area contributed by atoms with E-state index in [2.05, 4.69) is 27.5 Å². The van der Waals surface area contributed by atoms with Gasteiger partial charge in [0.2, 0.25) is 5.16 Å². The van der Waals surface area contributed by atoms with Gasteiger partial charge in [0.25, 0.3) is 0 Å². The summed E-state index contributed by atoms with van der Waals surface area (Å²) in [5.41, 5.74) is 0.862. The number of phenols is 1. The molecule has 21 heavy (non-hydrogen) atoms. The predicted octanol–water partition coefficient (Wildman–Crippen LogP) is 1.80. The van der Waals surface area contributed by atoms with E-state index < -0.39 is 0 Å². The van der Waals surface area contributed by atoms with E-state index in [1.54, 1.807) is 28.6 Å². The van der Waals surface area contributed by atoms with Crippen LogP contribution in [0.3, 0.4) is 0 Å². The molecule has 112 valence electrons. The van der Waals surface area contributed by atoms with Gasteiger partial charge in [0.15, 0.2) is 0 Å². The molecule has 0 amide bonds. The second-order valence-corrected chi connectivity index (χ2v) is 6.46. The normalized spacial score (nSPS) is 19.8. The summed E-state index contributed by atoms with van der Waals surface area (Å²) in [5, 5.41) is 22.1. The predicted molar refractivity (Wildman–Crippen MR) is 81.8 cm³/mol. The van der Waals surface area contributed by atoms with Crippen LogP contribution in [0, 0.1) is 5.92 Å². The number of phenolic OH excluding ortho intramolecular Hbond substituents is 1. The molecule has 0 spiro atoms. The van der Waals surface area contributed by atoms with Crippen LogP contribution in [-0.4, -0.2) is 56.1 Å². The highest BCUT2D eigenvalue weighted by Gasteiger charge is 2.19. The van der Waals surface area contributed by atoms with Crippen molar-refractivity contribution in [2.45, 2.75) is 18.0 Å². The Morgan fingerprint density at radius 1 is 1.33 bits per heavy atom. The molecule has 0 unspecified atom stereocenters. The third-order valence-corrected chi connectivity index (χ3v) is 4.86. The molecule has 7 heteroatoms. The maximum absolute atomic E-state index is 9.35. The second kappa shape index (κ2) is 6.44. The molecule has 1 fully saturated rings. The van der Waals surface area contributed by atoms with Crippen molar-refractivity contribution < 1.29 is 5.11 Å². The van der Waals surface area contributed by atoms with Crippen LogP contribution in [-0.2, 0) is 0 Å². The van der Waals surface area contributed by atoms with E-state index in [1.165, 1.54) is 19.4 Å². The first-order valence-electron chi connectivity index (χ1n) is 7.11. The molecular weight excluding hydrogens is 286 g/mol. The number of hydrogen-bond donors (Lipinski definition) is 1. The Labute approximate surface area is 128 Å². The number of hydrogen-bond acceptors (Lipinski definition) is 6. The van der Waals surface area contributed by atoms with E-state index in [9.17, 15) is 5.11 Å². The van der Waals surface area contributed by atoms with Gasteiger partial charge in [-0.15, -0.1) is 5.10 Å². The second-order valence-electron chi connectivity index (χ2n) is 5.47. The lowest BCUT2D eigenvalue weighted by Crippen LogP contribution is -2.33. The van der Waals surface area contributed by atoms with Gasteiger partial charge >= 0.3 is 0 Å². The zero-order valence-corrected chi connectivity index (χ0v) is 12.8. The molecule has 1 aromatic carbocycles. The van der Waals surface area contributed by atoms with Crippen LogP contribution >= 0.6 is 11.8 Å². The van der Waals surface area contributed by atoms with Crippen molar-refractivity contribution >= 4 is 11.8 Å². The number of aromatic nitrogens is 4. The van der Waals surface area contributed by atoms with Crippen LogP contribution in [0.4, 0.5) is 0 Å². The van der Waals surface area contributed by atoms with E-state index >= 15 is 0 Å². The first-order chi connectivity index (χ1) is 10.2. The molecule has 2 heterocycles. The minimum Gasteiger partial charge on any atom is -0.508 e. The van der Waals surface area contributed by atoms with Gasteiger partial charge in [-0.25, -0.2) is 0 Å². The smallest absolute Gasteiger partial charge is 0.214 e. The molecule has 0 bridgehead atoms. The Hall–Kier alpha value is -1.60. The molecule has 0 saturated carbocycles. The van der Waals surface area contributed by atoms with Crippen LogP contribution in [0.2, 0.25) is 0 Å². The van der Waals surface area contributed by atoms with Crippen LogP contribution < -0.4 is 0 Å². The molecule has 1 saturated heterocycles. The van der Waals surface area contributed by atoms with Gasteiger partial charge in [-0.2, -0.15) is 4.68 Å². The third kappa shape index (κ3) is 3.54. The van der Waals surface area contributed by atoms with Crippen molar-refractivity contribution in [1.82, 2.24) is 25.1 Å². The molecule has 1 N–H and O–H groups in total. The Morgan fingerprint density at radius 3 is 2.90 bits per heavy atom. The number of piperidine rings is 1. The fourth-order valence-corrected chi connectivity index (χ4v) is 3.64. The molecule has 1 atom stereocenters. The highest BCUT2D eigenvalue weighted by atomic mass is 32.2. The van der Waals surface area contributed by atoms with Crippen molar-refractivity contribution in [3.05, 3.63) is 24.3 Å². The lowest BCUT2D eigenvalue weighted by molar-refractivity contribution is 0.224. The van der Waals surface area contributed by atoms with Crippen molar-refractivity contribution in [2.24, 2.45) is 5.92 Å². The zero-order chi connectivity index (χ0) is 14.7. The average molecular weight is 305 g/mol.